The van der Waals surface area contributed by atoms with E-state index >= 15 is 0 Å². The molecule has 176 valence electrons. The number of carbonyl (C=O) groups excluding carboxylic acids is 1. The zero-order valence-corrected chi connectivity index (χ0v) is 20.8. The largest absolute Gasteiger partial charge is 0.471 e. The molecule has 1 amide bonds. The van der Waals surface area contributed by atoms with E-state index in [4.69, 9.17) is 16.3 Å². The lowest BCUT2D eigenvalue weighted by molar-refractivity contribution is 0.102. The number of anilines is 1. The van der Waals surface area contributed by atoms with Crippen molar-refractivity contribution in [3.8, 4) is 5.75 Å². The van der Waals surface area contributed by atoms with Crippen LogP contribution in [0.4, 0.5) is 5.69 Å². The molecule has 0 spiro atoms. The number of rotatable bonds is 7. The van der Waals surface area contributed by atoms with E-state index in [0.29, 0.717) is 23.7 Å². The Morgan fingerprint density at radius 2 is 1.76 bits per heavy atom. The third kappa shape index (κ3) is 5.15. The van der Waals surface area contributed by atoms with Crippen molar-refractivity contribution < 1.29 is 9.53 Å². The summed E-state index contributed by atoms with van der Waals surface area (Å²) in [5.41, 5.74) is 6.92. The SMILES string of the molecule is Cc1cccc(Cn2nc(C)c(NC(=O)c3ccn(COc4cc(C)c(Cl)c(C)c4)n3)c2C)c1. The van der Waals surface area contributed by atoms with Crippen LogP contribution in [0, 0.1) is 34.6 Å². The van der Waals surface area contributed by atoms with Crippen molar-refractivity contribution in [3.05, 3.63) is 93.0 Å². The Kier molecular flexibility index (Phi) is 6.75. The molecular weight excluding hydrogens is 450 g/mol. The minimum absolute atomic E-state index is 0.181. The number of carbonyl (C=O) groups is 1. The van der Waals surface area contributed by atoms with Crippen LogP contribution >= 0.6 is 11.6 Å². The fourth-order valence-electron chi connectivity index (χ4n) is 3.88. The maximum atomic E-state index is 12.9. The zero-order valence-electron chi connectivity index (χ0n) is 20.0. The third-order valence-electron chi connectivity index (χ3n) is 5.68. The van der Waals surface area contributed by atoms with E-state index in [0.717, 1.165) is 33.1 Å². The fourth-order valence-corrected chi connectivity index (χ4v) is 3.99. The highest BCUT2D eigenvalue weighted by Gasteiger charge is 2.17. The summed E-state index contributed by atoms with van der Waals surface area (Å²) < 4.78 is 9.31. The van der Waals surface area contributed by atoms with Gasteiger partial charge in [-0.2, -0.15) is 10.2 Å². The molecule has 4 aromatic rings. The molecule has 0 saturated heterocycles. The quantitative estimate of drug-likeness (QED) is 0.375. The van der Waals surface area contributed by atoms with Crippen LogP contribution in [-0.4, -0.2) is 25.5 Å². The van der Waals surface area contributed by atoms with Crippen LogP contribution < -0.4 is 10.1 Å². The monoisotopic (exact) mass is 477 g/mol. The molecule has 7 nitrogen and oxygen atoms in total. The van der Waals surface area contributed by atoms with Crippen molar-refractivity contribution in [3.63, 3.8) is 0 Å². The lowest BCUT2D eigenvalue weighted by Crippen LogP contribution is -2.15. The van der Waals surface area contributed by atoms with E-state index in [1.165, 1.54) is 5.56 Å². The minimum atomic E-state index is -0.293. The van der Waals surface area contributed by atoms with Gasteiger partial charge in [-0.05, 0) is 69.5 Å². The van der Waals surface area contributed by atoms with Gasteiger partial charge in [-0.3, -0.25) is 9.48 Å². The molecule has 0 aliphatic rings. The lowest BCUT2D eigenvalue weighted by Gasteiger charge is -2.10. The molecule has 1 N–H and O–H groups in total. The van der Waals surface area contributed by atoms with Crippen LogP contribution in [0.3, 0.4) is 0 Å². The minimum Gasteiger partial charge on any atom is -0.471 e. The van der Waals surface area contributed by atoms with E-state index in [9.17, 15) is 4.79 Å². The number of amides is 1. The summed E-state index contributed by atoms with van der Waals surface area (Å²) in [5, 5.41) is 12.7. The number of hydrogen-bond acceptors (Lipinski definition) is 4. The Morgan fingerprint density at radius 3 is 2.47 bits per heavy atom. The molecule has 0 bridgehead atoms. The molecule has 0 aliphatic carbocycles. The van der Waals surface area contributed by atoms with E-state index in [1.54, 1.807) is 16.9 Å². The molecule has 2 heterocycles. The van der Waals surface area contributed by atoms with Crippen LogP contribution in [0.5, 0.6) is 5.75 Å². The Bertz CT molecular complexity index is 1330. The van der Waals surface area contributed by atoms with E-state index < -0.39 is 0 Å². The predicted octanol–water partition coefficient (Wildman–Crippen LogP) is 5.61. The molecule has 0 aliphatic heterocycles. The smallest absolute Gasteiger partial charge is 0.276 e. The first-order valence-electron chi connectivity index (χ1n) is 11.0. The molecule has 0 saturated carbocycles. The predicted molar refractivity (Wildman–Crippen MR) is 134 cm³/mol. The Morgan fingerprint density at radius 1 is 1.03 bits per heavy atom. The second kappa shape index (κ2) is 9.73. The standard InChI is InChI=1S/C26H28ClN5O2/c1-16-7-6-8-21(11-16)14-32-20(5)25(19(4)29-32)28-26(33)23-9-10-31(30-23)15-34-22-12-17(2)24(27)18(3)13-22/h6-13H,14-15H2,1-5H3,(H,28,33). The maximum Gasteiger partial charge on any atom is 0.276 e. The maximum absolute atomic E-state index is 12.9. The van der Waals surface area contributed by atoms with E-state index in [1.807, 2.05) is 50.6 Å². The van der Waals surface area contributed by atoms with Crippen molar-refractivity contribution in [1.29, 1.82) is 0 Å². The average Bonchev–Trinajstić information content (AvgIpc) is 3.36. The van der Waals surface area contributed by atoms with E-state index in [2.05, 4.69) is 40.6 Å². The summed E-state index contributed by atoms with van der Waals surface area (Å²) in [6.07, 6.45) is 1.71. The second-order valence-corrected chi connectivity index (χ2v) is 8.91. The molecule has 0 radical (unpaired) electrons. The number of benzene rings is 2. The highest BCUT2D eigenvalue weighted by molar-refractivity contribution is 6.32. The lowest BCUT2D eigenvalue weighted by atomic mass is 10.1. The van der Waals surface area contributed by atoms with Crippen molar-refractivity contribution in [2.45, 2.75) is 47.9 Å². The van der Waals surface area contributed by atoms with Crippen LogP contribution in [0.1, 0.15) is 44.1 Å². The first kappa shape index (κ1) is 23.6. The summed E-state index contributed by atoms with van der Waals surface area (Å²) >= 11 is 6.22. The number of ether oxygens (including phenoxy) is 1. The van der Waals surface area contributed by atoms with Crippen molar-refractivity contribution in [1.82, 2.24) is 19.6 Å². The van der Waals surface area contributed by atoms with Crippen LogP contribution in [-0.2, 0) is 13.3 Å². The highest BCUT2D eigenvalue weighted by Crippen LogP contribution is 2.26. The van der Waals surface area contributed by atoms with Gasteiger partial charge in [-0.25, -0.2) is 4.68 Å². The van der Waals surface area contributed by atoms with Gasteiger partial charge in [0.05, 0.1) is 23.6 Å². The van der Waals surface area contributed by atoms with Gasteiger partial charge in [-0.1, -0.05) is 41.4 Å². The zero-order chi connectivity index (χ0) is 24.4. The van der Waals surface area contributed by atoms with Gasteiger partial charge in [0, 0.05) is 11.2 Å². The summed E-state index contributed by atoms with van der Waals surface area (Å²) in [4.78, 5) is 12.9. The molecule has 0 atom stereocenters. The number of nitrogens with one attached hydrogen (secondary N) is 1. The average molecular weight is 478 g/mol. The summed E-state index contributed by atoms with van der Waals surface area (Å²) in [7, 11) is 0. The first-order chi connectivity index (χ1) is 16.2. The van der Waals surface area contributed by atoms with Crippen molar-refractivity contribution in [2.24, 2.45) is 0 Å². The molecule has 8 heteroatoms. The van der Waals surface area contributed by atoms with Gasteiger partial charge in [0.15, 0.2) is 12.4 Å². The Balaban J connectivity index is 1.42. The second-order valence-electron chi connectivity index (χ2n) is 8.53. The van der Waals surface area contributed by atoms with Gasteiger partial charge >= 0.3 is 0 Å². The Hall–Kier alpha value is -3.58. The summed E-state index contributed by atoms with van der Waals surface area (Å²) in [6.45, 7) is 10.6. The van der Waals surface area contributed by atoms with Gasteiger partial charge in [0.1, 0.15) is 5.75 Å². The molecule has 2 aromatic heterocycles. The van der Waals surface area contributed by atoms with Crippen LogP contribution in [0.2, 0.25) is 5.02 Å². The fraction of sp³-hybridized carbons (Fsp3) is 0.269. The third-order valence-corrected chi connectivity index (χ3v) is 6.28. The van der Waals surface area contributed by atoms with Gasteiger partial charge in [0.25, 0.3) is 5.91 Å². The number of aromatic nitrogens is 4. The molecule has 4 rings (SSSR count). The van der Waals surface area contributed by atoms with Gasteiger partial charge < -0.3 is 10.1 Å². The number of aryl methyl sites for hydroxylation is 4. The van der Waals surface area contributed by atoms with E-state index in [-0.39, 0.29) is 12.6 Å². The summed E-state index contributed by atoms with van der Waals surface area (Å²) in [6, 6.07) is 13.7. The number of halogens is 1. The van der Waals surface area contributed by atoms with Crippen molar-refractivity contribution in [2.75, 3.05) is 5.32 Å². The molecule has 0 unspecified atom stereocenters. The normalized spacial score (nSPS) is 11.0. The molecule has 0 fully saturated rings. The van der Waals surface area contributed by atoms with Gasteiger partial charge in [-0.15, -0.1) is 0 Å². The number of nitrogens with zero attached hydrogens (tertiary/aromatic N) is 4. The number of hydrogen-bond donors (Lipinski definition) is 1. The molecule has 2 aromatic carbocycles. The summed E-state index contributed by atoms with van der Waals surface area (Å²) in [5.74, 6) is 0.409. The highest BCUT2D eigenvalue weighted by atomic mass is 35.5. The first-order valence-corrected chi connectivity index (χ1v) is 11.4. The van der Waals surface area contributed by atoms with Crippen molar-refractivity contribution >= 4 is 23.2 Å². The Labute approximate surface area is 204 Å². The van der Waals surface area contributed by atoms with Crippen LogP contribution in [0.15, 0.2) is 48.7 Å². The van der Waals surface area contributed by atoms with Gasteiger partial charge in [0.2, 0.25) is 0 Å². The topological polar surface area (TPSA) is 74.0 Å². The molecule has 34 heavy (non-hydrogen) atoms. The molecular formula is C26H28ClN5O2. The van der Waals surface area contributed by atoms with Crippen LogP contribution in [0.25, 0.3) is 0 Å².